The molecule has 1 heterocycles. The number of nitrogens with zero attached hydrogens (tertiary/aromatic N) is 2. The van der Waals surface area contributed by atoms with Gasteiger partial charge in [-0.15, -0.1) is 0 Å². The number of nitrogens with two attached hydrogens (primary N) is 4. The van der Waals surface area contributed by atoms with Crippen LogP contribution in [0.1, 0.15) is 37.8 Å². The summed E-state index contributed by atoms with van der Waals surface area (Å²) < 4.78 is 0. The second-order valence-electron chi connectivity index (χ2n) is 8.46. The third-order valence-corrected chi connectivity index (χ3v) is 5.21. The van der Waals surface area contributed by atoms with Crippen LogP contribution in [0.4, 0.5) is 0 Å². The quantitative estimate of drug-likeness (QED) is 0.0467. The summed E-state index contributed by atoms with van der Waals surface area (Å²) in [5, 5.41) is 25.6. The zero-order chi connectivity index (χ0) is 29.5. The maximum absolute atomic E-state index is 13.1. The molecule has 4 unspecified atom stereocenters. The minimum Gasteiger partial charge on any atom is -0.481 e. The monoisotopic (exact) mass is 554 g/mol. The average molecular weight is 555 g/mol. The van der Waals surface area contributed by atoms with Crippen LogP contribution < -0.4 is 38.9 Å². The molecule has 0 bridgehead atoms. The molecule has 39 heavy (non-hydrogen) atoms. The van der Waals surface area contributed by atoms with Crippen LogP contribution in [0, 0.1) is 0 Å². The van der Waals surface area contributed by atoms with E-state index in [1.165, 1.54) is 12.5 Å². The number of aliphatic carboxylic acids is 2. The number of hydrogen-bond acceptors (Lipinski definition) is 9. The number of aromatic nitrogens is 2. The van der Waals surface area contributed by atoms with Crippen molar-refractivity contribution in [1.82, 2.24) is 25.9 Å². The van der Waals surface area contributed by atoms with Crippen molar-refractivity contribution in [3.05, 3.63) is 18.2 Å². The molecule has 1 aromatic heterocycles. The van der Waals surface area contributed by atoms with Crippen molar-refractivity contribution in [1.29, 1.82) is 0 Å². The zero-order valence-corrected chi connectivity index (χ0v) is 21.0. The molecule has 4 atom stereocenters. The number of primary amides is 1. The van der Waals surface area contributed by atoms with Crippen molar-refractivity contribution in [2.75, 3.05) is 6.54 Å². The molecule has 0 spiro atoms. The van der Waals surface area contributed by atoms with Crippen molar-refractivity contribution >= 4 is 41.5 Å². The largest absolute Gasteiger partial charge is 0.481 e. The van der Waals surface area contributed by atoms with Crippen LogP contribution in [0.25, 0.3) is 0 Å². The maximum atomic E-state index is 13.1. The van der Waals surface area contributed by atoms with Gasteiger partial charge in [-0.1, -0.05) is 0 Å². The second kappa shape index (κ2) is 16.2. The fourth-order valence-electron chi connectivity index (χ4n) is 3.26. The summed E-state index contributed by atoms with van der Waals surface area (Å²) in [5.41, 5.74) is 21.6. The number of rotatable bonds is 18. The van der Waals surface area contributed by atoms with Crippen LogP contribution in [0.15, 0.2) is 17.5 Å². The van der Waals surface area contributed by atoms with E-state index in [2.05, 4.69) is 30.9 Å². The number of carboxylic acid groups (broad SMARTS) is 2. The van der Waals surface area contributed by atoms with Crippen molar-refractivity contribution in [3.63, 3.8) is 0 Å². The smallest absolute Gasteiger partial charge is 0.326 e. The predicted molar refractivity (Wildman–Crippen MR) is 134 cm³/mol. The molecule has 0 saturated heterocycles. The summed E-state index contributed by atoms with van der Waals surface area (Å²) in [4.78, 5) is 82.6. The van der Waals surface area contributed by atoms with Crippen molar-refractivity contribution in [3.8, 4) is 0 Å². The van der Waals surface area contributed by atoms with Crippen molar-refractivity contribution in [2.45, 2.75) is 62.7 Å². The summed E-state index contributed by atoms with van der Waals surface area (Å²) in [5.74, 6) is -6.44. The number of carbonyl (C=O) groups is 6. The third-order valence-electron chi connectivity index (χ3n) is 5.21. The molecule has 18 nitrogen and oxygen atoms in total. The topological polar surface area (TPSA) is 324 Å². The number of carboxylic acids is 2. The highest BCUT2D eigenvalue weighted by atomic mass is 16.4. The fraction of sp³-hybridized carbons (Fsp3) is 0.524. The number of guanidine groups is 1. The normalized spacial score (nSPS) is 13.7. The molecule has 18 heteroatoms. The number of hydrogen-bond donors (Lipinski definition) is 10. The minimum absolute atomic E-state index is 0.0392. The molecule has 1 aromatic rings. The Morgan fingerprint density at radius 2 is 1.51 bits per heavy atom. The molecule has 0 aliphatic carbocycles. The van der Waals surface area contributed by atoms with Gasteiger partial charge in [-0.05, 0) is 19.3 Å². The summed E-state index contributed by atoms with van der Waals surface area (Å²) in [6.07, 6.45) is 1.25. The van der Waals surface area contributed by atoms with Gasteiger partial charge in [0.15, 0.2) is 5.96 Å². The highest BCUT2D eigenvalue weighted by Crippen LogP contribution is 2.06. The molecule has 0 radical (unpaired) electrons. The van der Waals surface area contributed by atoms with Gasteiger partial charge in [0.25, 0.3) is 0 Å². The van der Waals surface area contributed by atoms with E-state index in [9.17, 15) is 33.9 Å². The van der Waals surface area contributed by atoms with Crippen LogP contribution in [-0.4, -0.2) is 92.4 Å². The highest BCUT2D eigenvalue weighted by Gasteiger charge is 2.31. The van der Waals surface area contributed by atoms with Gasteiger partial charge in [0.2, 0.25) is 23.6 Å². The molecule has 0 fully saturated rings. The number of aliphatic imine (C=N–C) groups is 1. The van der Waals surface area contributed by atoms with E-state index in [4.69, 9.17) is 28.0 Å². The van der Waals surface area contributed by atoms with Crippen LogP contribution in [0.5, 0.6) is 0 Å². The van der Waals surface area contributed by atoms with Crippen LogP contribution in [-0.2, 0) is 35.2 Å². The Kier molecular flexibility index (Phi) is 13.4. The van der Waals surface area contributed by atoms with Gasteiger partial charge in [0.1, 0.15) is 18.1 Å². The van der Waals surface area contributed by atoms with Crippen LogP contribution in [0.3, 0.4) is 0 Å². The summed E-state index contributed by atoms with van der Waals surface area (Å²) in [7, 11) is 0. The lowest BCUT2D eigenvalue weighted by atomic mass is 10.1. The van der Waals surface area contributed by atoms with Crippen LogP contribution >= 0.6 is 0 Å². The highest BCUT2D eigenvalue weighted by molar-refractivity contribution is 5.95. The molecular weight excluding hydrogens is 520 g/mol. The molecule has 0 saturated carbocycles. The molecule has 1 rings (SSSR count). The SMILES string of the molecule is NC(=O)CC(N)C(=O)NC(CCCN=C(N)N)C(=O)NC(CCC(=O)O)C(=O)NC(Cc1cnc[nH]1)C(=O)O. The Labute approximate surface area is 222 Å². The number of H-pyrrole nitrogens is 1. The minimum atomic E-state index is -1.48. The fourth-order valence-corrected chi connectivity index (χ4v) is 3.26. The predicted octanol–water partition coefficient (Wildman–Crippen LogP) is -4.39. The average Bonchev–Trinajstić information content (AvgIpc) is 3.35. The maximum Gasteiger partial charge on any atom is 0.326 e. The summed E-state index contributed by atoms with van der Waals surface area (Å²) in [6.45, 7) is 0.0894. The van der Waals surface area contributed by atoms with Gasteiger partial charge >= 0.3 is 11.9 Å². The number of amides is 4. The zero-order valence-electron chi connectivity index (χ0n) is 21.0. The van der Waals surface area contributed by atoms with Gasteiger partial charge in [-0.2, -0.15) is 0 Å². The lowest BCUT2D eigenvalue weighted by molar-refractivity contribution is -0.143. The second-order valence-corrected chi connectivity index (χ2v) is 8.46. The Hall–Kier alpha value is -4.74. The number of nitrogens with one attached hydrogen (secondary N) is 4. The number of imidazole rings is 1. The van der Waals surface area contributed by atoms with Crippen molar-refractivity contribution < 1.29 is 39.0 Å². The summed E-state index contributed by atoms with van der Waals surface area (Å²) >= 11 is 0. The van der Waals surface area contributed by atoms with E-state index in [0.717, 1.165) is 0 Å². The molecule has 0 aliphatic heterocycles. The first-order valence-electron chi connectivity index (χ1n) is 11.7. The van der Waals surface area contributed by atoms with Gasteiger partial charge in [0, 0.05) is 31.3 Å². The van der Waals surface area contributed by atoms with E-state index in [0.29, 0.717) is 5.69 Å². The molecule has 216 valence electrons. The van der Waals surface area contributed by atoms with Gasteiger partial charge in [-0.25, -0.2) is 9.78 Å². The molecule has 4 amide bonds. The first kappa shape index (κ1) is 32.3. The Morgan fingerprint density at radius 1 is 0.923 bits per heavy atom. The van der Waals surface area contributed by atoms with Crippen molar-refractivity contribution in [2.24, 2.45) is 27.9 Å². The first-order valence-corrected chi connectivity index (χ1v) is 11.7. The van der Waals surface area contributed by atoms with E-state index >= 15 is 0 Å². The standard InChI is InChI=1S/C21H34N10O8/c22-11(7-15(23)32)17(35)29-12(2-1-5-27-21(24)25)18(36)30-13(3-4-16(33)34)19(37)31-14(20(38)39)6-10-8-26-9-28-10/h8-9,11-14H,1-7,22H2,(H2,23,32)(H,26,28)(H,29,35)(H,30,36)(H,31,37)(H,33,34)(H,38,39)(H4,24,25,27). The molecule has 0 aliphatic rings. The number of carbonyl (C=O) groups excluding carboxylic acids is 4. The van der Waals surface area contributed by atoms with Crippen LogP contribution in [0.2, 0.25) is 0 Å². The Balaban J connectivity index is 3.06. The summed E-state index contributed by atoms with van der Waals surface area (Å²) in [6, 6.07) is -5.57. The van der Waals surface area contributed by atoms with E-state index < -0.39 is 72.6 Å². The van der Waals surface area contributed by atoms with E-state index in [-0.39, 0.29) is 38.2 Å². The van der Waals surface area contributed by atoms with Gasteiger partial charge < -0.3 is 54.1 Å². The lowest BCUT2D eigenvalue weighted by Gasteiger charge is -2.25. The molecular formula is C21H34N10O8. The first-order chi connectivity index (χ1) is 18.3. The molecule has 0 aromatic carbocycles. The number of aromatic amines is 1. The Morgan fingerprint density at radius 3 is 2.03 bits per heavy atom. The third kappa shape index (κ3) is 12.9. The molecule has 14 N–H and O–H groups in total. The van der Waals surface area contributed by atoms with Gasteiger partial charge in [0.05, 0.1) is 18.8 Å². The Bertz CT molecular complexity index is 1040. The van der Waals surface area contributed by atoms with E-state index in [1.807, 2.05) is 0 Å². The van der Waals surface area contributed by atoms with Gasteiger partial charge in [-0.3, -0.25) is 29.0 Å². The van der Waals surface area contributed by atoms with E-state index in [1.54, 1.807) is 0 Å². The lowest BCUT2D eigenvalue weighted by Crippen LogP contribution is -2.57.